The van der Waals surface area contributed by atoms with Crippen LogP contribution in [0.3, 0.4) is 0 Å². The van der Waals surface area contributed by atoms with Gasteiger partial charge < -0.3 is 9.11 Å². The first kappa shape index (κ1) is 58.4. The Kier molecular flexibility index (Phi) is 16.3. The molecule has 0 heterocycles. The Morgan fingerprint density at radius 1 is 0.301 bits per heavy atom. The lowest BCUT2D eigenvalue weighted by Gasteiger charge is -2.44. The van der Waals surface area contributed by atoms with E-state index < -0.39 is 208 Å². The van der Waals surface area contributed by atoms with Gasteiger partial charge >= 0.3 is 0 Å². The highest BCUT2D eigenvalue weighted by Crippen LogP contribution is 2.31. The van der Waals surface area contributed by atoms with Crippen molar-refractivity contribution in [2.45, 2.75) is 9.79 Å². The van der Waals surface area contributed by atoms with Crippen LogP contribution in [0.25, 0.3) is 0 Å². The maximum atomic E-state index is 15.4. The van der Waals surface area contributed by atoms with E-state index in [4.69, 9.17) is 0 Å². The SMILES string of the molecule is Fc1c(F)c(F)c([B-](c2c(F)c(F)c(F)c(F)c2F)(c2c(F)c(F)c(F)c(F)c2F)c2c(F)c(F)c(F)c(F)c2F)c(F)c1F.O=S(=O)([O-])c1c(F)c(F)c(F)c(F)c1F.O=[N+]([O-])c1ccc(S(=O)(=O)[O-])cc1. The van der Waals surface area contributed by atoms with E-state index in [9.17, 15) is 111 Å². The lowest BCUT2D eigenvalue weighted by Crippen LogP contribution is -2.81. The average Bonchev–Trinajstić information content (AvgIpc) is 3.32. The number of halogens is 25. The molecule has 0 aliphatic rings. The number of non-ortho nitro benzene ring substituents is 1. The van der Waals surface area contributed by atoms with Crippen LogP contribution in [0.4, 0.5) is 115 Å². The molecule has 0 saturated heterocycles. The fraction of sp³-hybridized carbons (Fsp3) is 0. The minimum absolute atomic E-state index is 0.257. The van der Waals surface area contributed by atoms with Crippen molar-refractivity contribution in [1.29, 1.82) is 0 Å². The van der Waals surface area contributed by atoms with Gasteiger partial charge in [-0.2, -0.15) is 0 Å². The average molecular weight is 1130 g/mol. The van der Waals surface area contributed by atoms with Gasteiger partial charge in [0.05, 0.1) is 9.82 Å². The lowest BCUT2D eigenvalue weighted by atomic mass is 9.12. The van der Waals surface area contributed by atoms with E-state index in [-0.39, 0.29) is 5.69 Å². The van der Waals surface area contributed by atoms with Crippen molar-refractivity contribution in [2.24, 2.45) is 0 Å². The molecule has 0 unspecified atom stereocenters. The molecular weight excluding hydrogens is 1120 g/mol. The van der Waals surface area contributed by atoms with E-state index in [2.05, 4.69) is 0 Å². The molecule has 0 aromatic heterocycles. The molecule has 0 aliphatic heterocycles. The molecule has 37 heteroatoms. The topological polar surface area (TPSA) is 158 Å². The fourth-order valence-electron chi connectivity index (χ4n) is 6.41. The maximum absolute atomic E-state index is 15.4. The normalized spacial score (nSPS) is 11.8. The molecule has 0 atom stereocenters. The zero-order chi connectivity index (χ0) is 56.4. The van der Waals surface area contributed by atoms with E-state index in [1.54, 1.807) is 0 Å². The first-order valence-electron chi connectivity index (χ1n) is 17.2. The second kappa shape index (κ2) is 20.4. The summed E-state index contributed by atoms with van der Waals surface area (Å²) in [5.41, 5.74) is -14.6. The second-order valence-electron chi connectivity index (χ2n) is 13.4. The summed E-state index contributed by atoms with van der Waals surface area (Å²) in [4.78, 5) is 6.61. The highest BCUT2D eigenvalue weighted by atomic mass is 32.2. The quantitative estimate of drug-likeness (QED) is 0.0301. The van der Waals surface area contributed by atoms with Crippen LogP contribution in [-0.4, -0.2) is 37.0 Å². The smallest absolute Gasteiger partial charge is 0.269 e. The number of rotatable bonds is 7. The molecule has 0 spiro atoms. The summed E-state index contributed by atoms with van der Waals surface area (Å²) >= 11 is 0. The Bertz CT molecular complexity index is 3140. The summed E-state index contributed by atoms with van der Waals surface area (Å²) in [5.74, 6) is -84.2. The van der Waals surface area contributed by atoms with Crippen molar-refractivity contribution in [2.75, 3.05) is 0 Å². The van der Waals surface area contributed by atoms with E-state index in [1.807, 2.05) is 0 Å². The molecular formula is C36H4BF25NO8S2-3. The zero-order valence-electron chi connectivity index (χ0n) is 32.9. The zero-order valence-corrected chi connectivity index (χ0v) is 34.5. The minimum Gasteiger partial charge on any atom is -0.744 e. The molecule has 0 saturated carbocycles. The summed E-state index contributed by atoms with van der Waals surface area (Å²) in [5, 5.41) is 10.1. The molecule has 6 rings (SSSR count). The molecule has 6 aromatic rings. The standard InChI is InChI=1S/C24BF20.C6HF5O3S.C6H5NO5S/c26-5-1(6(27)14(35)21(42)13(5)34)25(2-7(28)15(36)22(43)16(37)8(2)29,3-9(30)17(38)23(44)18(39)10(3)31)4-11(32)19(40)24(45)20(41)12(4)33;7-1-2(8)4(10)6(15(12,13)14)5(11)3(1)9;8-7(9)5-1-3-6(4-2-5)13(10,11)12/h;(H,12,13,14);1-4H,(H,10,11,12)/q-1;;/p-2. The van der Waals surface area contributed by atoms with Gasteiger partial charge in [0, 0.05) is 12.1 Å². The molecule has 0 aliphatic carbocycles. The van der Waals surface area contributed by atoms with Crippen molar-refractivity contribution in [1.82, 2.24) is 0 Å². The summed E-state index contributed by atoms with van der Waals surface area (Å²) in [6, 6.07) is 3.73. The number of benzene rings is 6. The van der Waals surface area contributed by atoms with Gasteiger partial charge in [0.2, 0.25) is 5.82 Å². The summed E-state index contributed by atoms with van der Waals surface area (Å²) in [6.45, 7) is 0. The first-order valence-corrected chi connectivity index (χ1v) is 20.0. The van der Waals surface area contributed by atoms with Crippen molar-refractivity contribution >= 4 is 53.9 Å². The van der Waals surface area contributed by atoms with E-state index in [1.165, 1.54) is 0 Å². The second-order valence-corrected chi connectivity index (χ2v) is 16.1. The molecule has 73 heavy (non-hydrogen) atoms. The van der Waals surface area contributed by atoms with Gasteiger partial charge in [0.15, 0.2) is 93.1 Å². The van der Waals surface area contributed by atoms with Gasteiger partial charge in [0.1, 0.15) is 77.8 Å². The molecule has 6 aromatic carbocycles. The minimum atomic E-state index is -7.22. The van der Waals surface area contributed by atoms with Crippen LogP contribution < -0.4 is 21.9 Å². The Hall–Kier alpha value is -7.15. The highest BCUT2D eigenvalue weighted by molar-refractivity contribution is 7.86. The monoisotopic (exact) mass is 1130 g/mol. The first-order chi connectivity index (χ1) is 33.3. The lowest BCUT2D eigenvalue weighted by molar-refractivity contribution is -0.384. The van der Waals surface area contributed by atoms with Crippen LogP contribution in [0.5, 0.6) is 0 Å². The van der Waals surface area contributed by atoms with Gasteiger partial charge in [-0.15, -0.1) is 21.9 Å². The number of hydrogen-bond donors (Lipinski definition) is 0. The van der Waals surface area contributed by atoms with Crippen LogP contribution in [-0.2, 0) is 20.2 Å². The fourth-order valence-corrected chi connectivity index (χ4v) is 7.50. The summed E-state index contributed by atoms with van der Waals surface area (Å²) in [6.07, 6.45) is -7.22. The number of nitrogens with zero attached hydrogens (tertiary/aromatic N) is 1. The van der Waals surface area contributed by atoms with E-state index in [0.717, 1.165) is 24.3 Å². The Morgan fingerprint density at radius 2 is 0.479 bits per heavy atom. The van der Waals surface area contributed by atoms with Crippen molar-refractivity contribution in [3.8, 4) is 0 Å². The third kappa shape index (κ3) is 9.66. The van der Waals surface area contributed by atoms with Crippen molar-refractivity contribution < 1.29 is 141 Å². The molecule has 9 nitrogen and oxygen atoms in total. The molecule has 0 N–H and O–H groups in total. The highest BCUT2D eigenvalue weighted by Gasteiger charge is 2.52. The molecule has 0 fully saturated rings. The van der Waals surface area contributed by atoms with Crippen LogP contribution in [0, 0.1) is 156 Å². The summed E-state index contributed by atoms with van der Waals surface area (Å²) < 4.78 is 418. The Labute approximate surface area is 383 Å². The van der Waals surface area contributed by atoms with E-state index in [0.29, 0.717) is 0 Å². The third-order valence-corrected chi connectivity index (χ3v) is 11.2. The van der Waals surface area contributed by atoms with Crippen molar-refractivity contribution in [3.63, 3.8) is 0 Å². The van der Waals surface area contributed by atoms with Crippen LogP contribution >= 0.6 is 0 Å². The Balaban J connectivity index is 0.000000333. The van der Waals surface area contributed by atoms with Gasteiger partial charge in [-0.1, -0.05) is 0 Å². The van der Waals surface area contributed by atoms with Crippen LogP contribution in [0.15, 0.2) is 34.1 Å². The largest absolute Gasteiger partial charge is 0.744 e. The van der Waals surface area contributed by atoms with Gasteiger partial charge in [0.25, 0.3) is 5.69 Å². The van der Waals surface area contributed by atoms with Gasteiger partial charge in [-0.3, -0.25) is 10.1 Å². The number of nitro benzene ring substituents is 1. The van der Waals surface area contributed by atoms with Gasteiger partial charge in [-0.05, 0) is 12.1 Å². The predicted molar refractivity (Wildman–Crippen MR) is 184 cm³/mol. The molecule has 0 amide bonds. The third-order valence-electron chi connectivity index (χ3n) is 9.46. The Morgan fingerprint density at radius 3 is 0.644 bits per heavy atom. The van der Waals surface area contributed by atoms with Crippen LogP contribution in [0.2, 0.25) is 0 Å². The van der Waals surface area contributed by atoms with E-state index >= 15 is 35.1 Å². The molecule has 394 valence electrons. The molecule has 0 radical (unpaired) electrons. The summed E-state index contributed by atoms with van der Waals surface area (Å²) in [7, 11) is -10.3. The number of nitro groups is 1. The molecule has 0 bridgehead atoms. The van der Waals surface area contributed by atoms with Gasteiger partial charge in [-0.25, -0.2) is 127 Å². The number of hydrogen-bond acceptors (Lipinski definition) is 8. The maximum Gasteiger partial charge on any atom is 0.269 e. The predicted octanol–water partition coefficient (Wildman–Crippen LogP) is 7.63. The van der Waals surface area contributed by atoms with Crippen LogP contribution in [0.1, 0.15) is 0 Å². The van der Waals surface area contributed by atoms with Crippen molar-refractivity contribution in [3.05, 3.63) is 180 Å².